The zero-order chi connectivity index (χ0) is 18.1. The lowest BCUT2D eigenvalue weighted by Crippen LogP contribution is -2.39. The van der Waals surface area contributed by atoms with Gasteiger partial charge in [0.15, 0.2) is 5.96 Å². The molecule has 2 aromatic rings. The SMILES string of the molecule is C=CCCCN(C)C(=NC)NCc1ccn(-c2ccc(OC)cc2)n1.I. The molecule has 0 aliphatic heterocycles. The van der Waals surface area contributed by atoms with E-state index in [1.165, 1.54) is 0 Å². The van der Waals surface area contributed by atoms with Crippen LogP contribution < -0.4 is 10.1 Å². The Morgan fingerprint density at radius 3 is 2.69 bits per heavy atom. The minimum atomic E-state index is 0. The predicted octanol–water partition coefficient (Wildman–Crippen LogP) is 3.47. The molecule has 142 valence electrons. The summed E-state index contributed by atoms with van der Waals surface area (Å²) in [5, 5.41) is 7.95. The summed E-state index contributed by atoms with van der Waals surface area (Å²) in [7, 11) is 5.49. The largest absolute Gasteiger partial charge is 0.497 e. The maximum atomic E-state index is 5.18. The maximum absolute atomic E-state index is 5.18. The highest BCUT2D eigenvalue weighted by atomic mass is 127. The van der Waals surface area contributed by atoms with Crippen LogP contribution in [-0.4, -0.2) is 48.4 Å². The van der Waals surface area contributed by atoms with Gasteiger partial charge in [0.05, 0.1) is 25.0 Å². The van der Waals surface area contributed by atoms with Crippen molar-refractivity contribution in [1.82, 2.24) is 20.0 Å². The van der Waals surface area contributed by atoms with E-state index < -0.39 is 0 Å². The number of nitrogens with one attached hydrogen (secondary N) is 1. The summed E-state index contributed by atoms with van der Waals surface area (Å²) in [5.41, 5.74) is 1.95. The van der Waals surface area contributed by atoms with E-state index in [1.807, 2.05) is 54.3 Å². The molecule has 0 aliphatic rings. The van der Waals surface area contributed by atoms with E-state index in [1.54, 1.807) is 14.2 Å². The van der Waals surface area contributed by atoms with Gasteiger partial charge in [-0.15, -0.1) is 30.6 Å². The Bertz CT molecular complexity index is 696. The minimum Gasteiger partial charge on any atom is -0.497 e. The van der Waals surface area contributed by atoms with Gasteiger partial charge in [-0.25, -0.2) is 4.68 Å². The third-order valence-corrected chi connectivity index (χ3v) is 3.88. The molecular formula is C19H28IN5O. The molecule has 26 heavy (non-hydrogen) atoms. The van der Waals surface area contributed by atoms with E-state index in [0.29, 0.717) is 6.54 Å². The number of methoxy groups -OCH3 is 1. The van der Waals surface area contributed by atoms with Crippen LogP contribution in [-0.2, 0) is 6.54 Å². The summed E-state index contributed by atoms with van der Waals surface area (Å²) < 4.78 is 7.04. The second kappa shape index (κ2) is 11.6. The Morgan fingerprint density at radius 2 is 2.08 bits per heavy atom. The molecule has 0 unspecified atom stereocenters. The number of aliphatic imine (C=N–C) groups is 1. The van der Waals surface area contributed by atoms with Crippen LogP contribution in [0.25, 0.3) is 5.69 Å². The van der Waals surface area contributed by atoms with Gasteiger partial charge in [0.1, 0.15) is 5.75 Å². The molecule has 0 bridgehead atoms. The maximum Gasteiger partial charge on any atom is 0.193 e. The Morgan fingerprint density at radius 1 is 1.35 bits per heavy atom. The number of nitrogens with zero attached hydrogens (tertiary/aromatic N) is 4. The second-order valence-corrected chi connectivity index (χ2v) is 5.70. The van der Waals surface area contributed by atoms with Crippen LogP contribution in [0.15, 0.2) is 54.2 Å². The quantitative estimate of drug-likeness (QED) is 0.212. The summed E-state index contributed by atoms with van der Waals surface area (Å²) in [6, 6.07) is 9.82. The van der Waals surface area contributed by atoms with Gasteiger partial charge < -0.3 is 15.0 Å². The number of hydrogen-bond acceptors (Lipinski definition) is 3. The molecule has 0 saturated carbocycles. The van der Waals surface area contributed by atoms with Crippen molar-refractivity contribution in [2.24, 2.45) is 4.99 Å². The molecule has 0 aliphatic carbocycles. The van der Waals surface area contributed by atoms with Gasteiger partial charge in [0.2, 0.25) is 0 Å². The van der Waals surface area contributed by atoms with Gasteiger partial charge in [0.25, 0.3) is 0 Å². The summed E-state index contributed by atoms with van der Waals surface area (Å²) in [4.78, 5) is 6.44. The van der Waals surface area contributed by atoms with Gasteiger partial charge in [-0.2, -0.15) is 5.10 Å². The normalized spacial score (nSPS) is 10.8. The van der Waals surface area contributed by atoms with Gasteiger partial charge >= 0.3 is 0 Å². The highest BCUT2D eigenvalue weighted by Gasteiger charge is 2.07. The number of unbranched alkanes of at least 4 members (excludes halogenated alkanes) is 1. The lowest BCUT2D eigenvalue weighted by atomic mass is 10.3. The van der Waals surface area contributed by atoms with Crippen molar-refractivity contribution in [3.8, 4) is 11.4 Å². The van der Waals surface area contributed by atoms with E-state index in [9.17, 15) is 0 Å². The molecule has 0 radical (unpaired) electrons. The topological polar surface area (TPSA) is 54.7 Å². The van der Waals surface area contributed by atoms with Crippen molar-refractivity contribution in [1.29, 1.82) is 0 Å². The molecule has 1 heterocycles. The zero-order valence-electron chi connectivity index (χ0n) is 15.7. The molecule has 7 heteroatoms. The van der Waals surface area contributed by atoms with Gasteiger partial charge in [-0.05, 0) is 43.2 Å². The van der Waals surface area contributed by atoms with Gasteiger partial charge in [0, 0.05) is 26.8 Å². The Balaban J connectivity index is 0.00000338. The highest BCUT2D eigenvalue weighted by molar-refractivity contribution is 14.0. The lowest BCUT2D eigenvalue weighted by molar-refractivity contribution is 0.414. The van der Waals surface area contributed by atoms with Crippen molar-refractivity contribution >= 4 is 29.9 Å². The summed E-state index contributed by atoms with van der Waals surface area (Å²) in [5.74, 6) is 1.70. The molecule has 6 nitrogen and oxygen atoms in total. The standard InChI is InChI=1S/C19H27N5O.HI/c1-5-6-7-13-23(3)19(20-2)21-15-16-12-14-24(22-16)17-8-10-18(25-4)11-9-17;/h5,8-12,14H,1,6-7,13,15H2,2-4H3,(H,20,21);1H. The fourth-order valence-corrected chi connectivity index (χ4v) is 2.47. The summed E-state index contributed by atoms with van der Waals surface area (Å²) in [6.07, 6.45) is 5.96. The predicted molar refractivity (Wildman–Crippen MR) is 118 cm³/mol. The fourth-order valence-electron chi connectivity index (χ4n) is 2.47. The smallest absolute Gasteiger partial charge is 0.193 e. The highest BCUT2D eigenvalue weighted by Crippen LogP contribution is 2.14. The Hall–Kier alpha value is -2.03. The van der Waals surface area contributed by atoms with E-state index >= 15 is 0 Å². The molecule has 1 aromatic heterocycles. The van der Waals surface area contributed by atoms with Crippen LogP contribution in [0.5, 0.6) is 5.75 Å². The molecule has 0 fully saturated rings. The van der Waals surface area contributed by atoms with Crippen molar-refractivity contribution in [2.45, 2.75) is 19.4 Å². The van der Waals surface area contributed by atoms with E-state index in [2.05, 4.69) is 26.9 Å². The van der Waals surface area contributed by atoms with Crippen LogP contribution >= 0.6 is 24.0 Å². The van der Waals surface area contributed by atoms with Crippen molar-refractivity contribution in [3.05, 3.63) is 54.9 Å². The molecule has 0 spiro atoms. The van der Waals surface area contributed by atoms with Crippen molar-refractivity contribution in [3.63, 3.8) is 0 Å². The third-order valence-electron chi connectivity index (χ3n) is 3.88. The molecule has 0 amide bonds. The van der Waals surface area contributed by atoms with E-state index in [0.717, 1.165) is 42.5 Å². The average molecular weight is 469 g/mol. The van der Waals surface area contributed by atoms with Crippen LogP contribution in [0.4, 0.5) is 0 Å². The number of rotatable bonds is 8. The average Bonchev–Trinajstić information content (AvgIpc) is 3.11. The number of aromatic nitrogens is 2. The molecule has 1 N–H and O–H groups in total. The molecule has 1 aromatic carbocycles. The van der Waals surface area contributed by atoms with Crippen molar-refractivity contribution in [2.75, 3.05) is 27.7 Å². The van der Waals surface area contributed by atoms with Gasteiger partial charge in [-0.3, -0.25) is 4.99 Å². The van der Waals surface area contributed by atoms with Crippen LogP contribution in [0.3, 0.4) is 0 Å². The Labute approximate surface area is 173 Å². The van der Waals surface area contributed by atoms with Crippen LogP contribution in [0.1, 0.15) is 18.5 Å². The number of guanidine groups is 1. The number of halogens is 1. The molecular weight excluding hydrogens is 441 g/mol. The van der Waals surface area contributed by atoms with Crippen LogP contribution in [0, 0.1) is 0 Å². The number of ether oxygens (including phenoxy) is 1. The molecule has 0 atom stereocenters. The lowest BCUT2D eigenvalue weighted by Gasteiger charge is -2.21. The first-order valence-corrected chi connectivity index (χ1v) is 8.39. The van der Waals surface area contributed by atoms with E-state index in [4.69, 9.17) is 4.74 Å². The van der Waals surface area contributed by atoms with Crippen molar-refractivity contribution < 1.29 is 4.74 Å². The Kier molecular flexibility index (Phi) is 9.79. The molecule has 2 rings (SSSR count). The van der Waals surface area contributed by atoms with Crippen LogP contribution in [0.2, 0.25) is 0 Å². The first-order valence-electron chi connectivity index (χ1n) is 8.39. The first kappa shape index (κ1) is 22.0. The summed E-state index contributed by atoms with van der Waals surface area (Å²) in [6.45, 7) is 5.32. The fraction of sp³-hybridized carbons (Fsp3) is 0.368. The second-order valence-electron chi connectivity index (χ2n) is 5.70. The minimum absolute atomic E-state index is 0. The number of benzene rings is 1. The molecule has 0 saturated heterocycles. The number of hydrogen-bond donors (Lipinski definition) is 1. The van der Waals surface area contributed by atoms with E-state index in [-0.39, 0.29) is 24.0 Å². The zero-order valence-corrected chi connectivity index (χ0v) is 18.0. The third kappa shape index (κ3) is 6.36. The first-order chi connectivity index (χ1) is 12.2. The number of allylic oxidation sites excluding steroid dienone is 1. The summed E-state index contributed by atoms with van der Waals surface area (Å²) >= 11 is 0. The monoisotopic (exact) mass is 469 g/mol. The van der Waals surface area contributed by atoms with Gasteiger partial charge in [-0.1, -0.05) is 6.08 Å².